The molecule has 1 saturated carbocycles. The third kappa shape index (κ3) is 1.84. The van der Waals surface area contributed by atoms with E-state index in [4.69, 9.17) is 5.73 Å². The van der Waals surface area contributed by atoms with Crippen molar-refractivity contribution in [3.05, 3.63) is 16.1 Å². The molecule has 3 heteroatoms. The topological polar surface area (TPSA) is 38.9 Å². The molecule has 0 aromatic carbocycles. The van der Waals surface area contributed by atoms with Crippen molar-refractivity contribution in [3.63, 3.8) is 0 Å². The third-order valence-electron chi connectivity index (χ3n) is 2.02. The van der Waals surface area contributed by atoms with Crippen LogP contribution in [0.5, 0.6) is 0 Å². The molecular weight excluding hydrogens is 168 g/mol. The van der Waals surface area contributed by atoms with Crippen LogP contribution >= 0.6 is 11.3 Å². The van der Waals surface area contributed by atoms with Crippen LogP contribution in [0.2, 0.25) is 0 Å². The van der Waals surface area contributed by atoms with E-state index in [1.807, 2.05) is 24.5 Å². The SMILES string of the molecule is CC(N)Cc1cnc(C2CC2)s1. The summed E-state index contributed by atoms with van der Waals surface area (Å²) in [5, 5.41) is 1.32. The van der Waals surface area contributed by atoms with Gasteiger partial charge in [-0.1, -0.05) is 0 Å². The van der Waals surface area contributed by atoms with Crippen molar-refractivity contribution in [1.29, 1.82) is 0 Å². The van der Waals surface area contributed by atoms with Gasteiger partial charge in [0, 0.05) is 23.0 Å². The average molecular weight is 182 g/mol. The molecule has 0 radical (unpaired) electrons. The molecule has 0 spiro atoms. The largest absolute Gasteiger partial charge is 0.328 e. The van der Waals surface area contributed by atoms with Crippen LogP contribution in [-0.4, -0.2) is 11.0 Å². The van der Waals surface area contributed by atoms with Gasteiger partial charge in [-0.05, 0) is 26.2 Å². The molecule has 1 aliphatic rings. The van der Waals surface area contributed by atoms with Crippen molar-refractivity contribution in [2.45, 2.75) is 38.1 Å². The zero-order valence-corrected chi connectivity index (χ0v) is 8.10. The maximum absolute atomic E-state index is 5.70. The second-order valence-corrected chi connectivity index (χ2v) is 4.77. The van der Waals surface area contributed by atoms with E-state index in [1.54, 1.807) is 0 Å². The summed E-state index contributed by atoms with van der Waals surface area (Å²) in [4.78, 5) is 5.73. The standard InChI is InChI=1S/C9H14N2S/c1-6(10)4-8-5-11-9(12-8)7-2-3-7/h5-7H,2-4,10H2,1H3. The van der Waals surface area contributed by atoms with Gasteiger partial charge < -0.3 is 5.73 Å². The Bertz CT molecular complexity index is 263. The highest BCUT2D eigenvalue weighted by Gasteiger charge is 2.26. The van der Waals surface area contributed by atoms with Crippen LogP contribution in [0.4, 0.5) is 0 Å². The van der Waals surface area contributed by atoms with Crippen LogP contribution in [0, 0.1) is 0 Å². The predicted molar refractivity (Wildman–Crippen MR) is 51.4 cm³/mol. The molecule has 1 unspecified atom stereocenters. The second kappa shape index (κ2) is 3.15. The number of nitrogens with two attached hydrogens (primary N) is 1. The van der Waals surface area contributed by atoms with Gasteiger partial charge in [-0.25, -0.2) is 4.98 Å². The summed E-state index contributed by atoms with van der Waals surface area (Å²) >= 11 is 1.84. The van der Waals surface area contributed by atoms with E-state index in [0.717, 1.165) is 12.3 Å². The molecule has 66 valence electrons. The fourth-order valence-electron chi connectivity index (χ4n) is 1.25. The van der Waals surface area contributed by atoms with Crippen LogP contribution in [0.1, 0.15) is 35.6 Å². The highest BCUT2D eigenvalue weighted by atomic mass is 32.1. The molecule has 12 heavy (non-hydrogen) atoms. The van der Waals surface area contributed by atoms with Crippen molar-refractivity contribution in [2.24, 2.45) is 5.73 Å². The first kappa shape index (κ1) is 8.20. The van der Waals surface area contributed by atoms with Crippen LogP contribution < -0.4 is 5.73 Å². The quantitative estimate of drug-likeness (QED) is 0.775. The van der Waals surface area contributed by atoms with E-state index in [2.05, 4.69) is 4.98 Å². The molecule has 1 aromatic rings. The van der Waals surface area contributed by atoms with Gasteiger partial charge in [0.2, 0.25) is 0 Å². The lowest BCUT2D eigenvalue weighted by Crippen LogP contribution is -2.16. The van der Waals surface area contributed by atoms with Gasteiger partial charge >= 0.3 is 0 Å². The monoisotopic (exact) mass is 182 g/mol. The summed E-state index contributed by atoms with van der Waals surface area (Å²) in [5.41, 5.74) is 5.70. The highest BCUT2D eigenvalue weighted by Crippen LogP contribution is 2.41. The van der Waals surface area contributed by atoms with Crippen molar-refractivity contribution in [3.8, 4) is 0 Å². The fourth-order valence-corrected chi connectivity index (χ4v) is 2.48. The Hall–Kier alpha value is -0.410. The van der Waals surface area contributed by atoms with Crippen LogP contribution in [0.15, 0.2) is 6.20 Å². The molecule has 0 aliphatic heterocycles. The Morgan fingerprint density at radius 2 is 2.50 bits per heavy atom. The Morgan fingerprint density at radius 3 is 3.08 bits per heavy atom. The maximum atomic E-state index is 5.70. The van der Waals surface area contributed by atoms with Crippen molar-refractivity contribution < 1.29 is 0 Å². The van der Waals surface area contributed by atoms with Gasteiger partial charge in [-0.15, -0.1) is 11.3 Å². The first-order valence-electron chi connectivity index (χ1n) is 4.46. The molecule has 0 bridgehead atoms. The van der Waals surface area contributed by atoms with Crippen LogP contribution in [-0.2, 0) is 6.42 Å². The van der Waals surface area contributed by atoms with Gasteiger partial charge in [-0.2, -0.15) is 0 Å². The molecule has 2 nitrogen and oxygen atoms in total. The molecule has 2 N–H and O–H groups in total. The summed E-state index contributed by atoms with van der Waals surface area (Å²) in [6.45, 7) is 2.04. The van der Waals surface area contributed by atoms with Crippen molar-refractivity contribution in [1.82, 2.24) is 4.98 Å². The predicted octanol–water partition coefficient (Wildman–Crippen LogP) is 1.91. The van der Waals surface area contributed by atoms with Crippen molar-refractivity contribution in [2.75, 3.05) is 0 Å². The Labute approximate surface area is 76.8 Å². The normalized spacial score (nSPS) is 19.5. The summed E-state index contributed by atoms with van der Waals surface area (Å²) in [6.07, 6.45) is 5.64. The lowest BCUT2D eigenvalue weighted by atomic mass is 10.2. The van der Waals surface area contributed by atoms with E-state index >= 15 is 0 Å². The average Bonchev–Trinajstić information content (AvgIpc) is 2.73. The lowest BCUT2D eigenvalue weighted by Gasteiger charge is -1.99. The summed E-state index contributed by atoms with van der Waals surface area (Å²) in [6, 6.07) is 0.262. The third-order valence-corrected chi connectivity index (χ3v) is 3.20. The number of nitrogens with zero attached hydrogens (tertiary/aromatic N) is 1. The fraction of sp³-hybridized carbons (Fsp3) is 0.667. The molecule has 1 heterocycles. The van der Waals surface area contributed by atoms with Crippen LogP contribution in [0.25, 0.3) is 0 Å². The van der Waals surface area contributed by atoms with Gasteiger partial charge in [0.1, 0.15) is 0 Å². The molecule has 1 aliphatic carbocycles. The molecular formula is C9H14N2S. The minimum Gasteiger partial charge on any atom is -0.328 e. The minimum atomic E-state index is 0.262. The number of hydrogen-bond donors (Lipinski definition) is 1. The number of rotatable bonds is 3. The van der Waals surface area contributed by atoms with Gasteiger partial charge in [0.15, 0.2) is 0 Å². The molecule has 0 saturated heterocycles. The molecule has 1 fully saturated rings. The van der Waals surface area contributed by atoms with Gasteiger partial charge in [-0.3, -0.25) is 0 Å². The first-order valence-corrected chi connectivity index (χ1v) is 5.27. The van der Waals surface area contributed by atoms with E-state index < -0.39 is 0 Å². The first-order chi connectivity index (χ1) is 5.75. The maximum Gasteiger partial charge on any atom is 0.0958 e. The highest BCUT2D eigenvalue weighted by molar-refractivity contribution is 7.11. The molecule has 2 rings (SSSR count). The van der Waals surface area contributed by atoms with Crippen LogP contribution in [0.3, 0.4) is 0 Å². The number of aromatic nitrogens is 1. The number of thiazole rings is 1. The summed E-state index contributed by atoms with van der Waals surface area (Å²) < 4.78 is 0. The molecule has 0 amide bonds. The van der Waals surface area contributed by atoms with Gasteiger partial charge in [0.25, 0.3) is 0 Å². The van der Waals surface area contributed by atoms with Gasteiger partial charge in [0.05, 0.1) is 5.01 Å². The zero-order valence-electron chi connectivity index (χ0n) is 7.29. The van der Waals surface area contributed by atoms with E-state index in [0.29, 0.717) is 0 Å². The lowest BCUT2D eigenvalue weighted by molar-refractivity contribution is 0.745. The molecule has 1 atom stereocenters. The van der Waals surface area contributed by atoms with E-state index in [9.17, 15) is 0 Å². The van der Waals surface area contributed by atoms with E-state index in [1.165, 1.54) is 22.7 Å². The van der Waals surface area contributed by atoms with Crippen molar-refractivity contribution >= 4 is 11.3 Å². The summed E-state index contributed by atoms with van der Waals surface area (Å²) in [7, 11) is 0. The second-order valence-electron chi connectivity index (χ2n) is 3.62. The minimum absolute atomic E-state index is 0.262. The number of hydrogen-bond acceptors (Lipinski definition) is 3. The Kier molecular flexibility index (Phi) is 2.15. The Balaban J connectivity index is 2.03. The Morgan fingerprint density at radius 1 is 1.75 bits per heavy atom. The zero-order chi connectivity index (χ0) is 8.55. The molecule has 1 aromatic heterocycles. The van der Waals surface area contributed by atoms with E-state index in [-0.39, 0.29) is 6.04 Å². The smallest absolute Gasteiger partial charge is 0.0958 e. The summed E-state index contributed by atoms with van der Waals surface area (Å²) in [5.74, 6) is 0.789.